The number of allylic oxidation sites excluding steroid dienone is 1. The van der Waals surface area contributed by atoms with Crippen LogP contribution in [-0.4, -0.2) is 5.78 Å². The predicted molar refractivity (Wildman–Crippen MR) is 107 cm³/mol. The van der Waals surface area contributed by atoms with Crippen LogP contribution in [0.4, 0.5) is 0 Å². The Labute approximate surface area is 149 Å². The molecule has 0 amide bonds. The van der Waals surface area contributed by atoms with E-state index < -0.39 is 0 Å². The van der Waals surface area contributed by atoms with Crippen molar-refractivity contribution in [1.29, 1.82) is 0 Å². The third-order valence-electron chi connectivity index (χ3n) is 5.46. The minimum Gasteiger partial charge on any atom is -0.295 e. The highest BCUT2D eigenvalue weighted by molar-refractivity contribution is 6.00. The van der Waals surface area contributed by atoms with Crippen molar-refractivity contribution >= 4 is 11.9 Å². The van der Waals surface area contributed by atoms with Gasteiger partial charge in [0.1, 0.15) is 0 Å². The molecular weight excluding hydrogens is 292 g/mol. The Morgan fingerprint density at radius 2 is 1.75 bits per heavy atom. The summed E-state index contributed by atoms with van der Waals surface area (Å²) < 4.78 is 0. The first-order valence-electron chi connectivity index (χ1n) is 9.77. The number of ketones is 1. The molecule has 1 heteroatoms. The van der Waals surface area contributed by atoms with Crippen LogP contribution in [0.3, 0.4) is 0 Å². The maximum Gasteiger partial charge on any atom is 0.159 e. The molecule has 0 N–H and O–H groups in total. The van der Waals surface area contributed by atoms with E-state index >= 15 is 0 Å². The minimum absolute atomic E-state index is 0.377. The molecule has 1 aromatic carbocycles. The lowest BCUT2D eigenvalue weighted by Crippen LogP contribution is -2.19. The molecule has 1 atom stereocenters. The number of unbranched alkanes of at least 4 members (excludes halogenated alkanes) is 1. The summed E-state index contributed by atoms with van der Waals surface area (Å²) in [6.45, 7) is 15.0. The molecule has 134 valence electrons. The lowest BCUT2D eigenvalue weighted by Gasteiger charge is -2.25. The van der Waals surface area contributed by atoms with E-state index in [1.54, 1.807) is 0 Å². The van der Waals surface area contributed by atoms with E-state index in [0.29, 0.717) is 11.7 Å². The second-order valence-electron chi connectivity index (χ2n) is 6.91. The standard InChI is InChI=1S/C21H30O.C2H6/c1-6-7-9-18-10-8-11-21(22)20(18)13-19-12-14(2)15(3)16(4)17(19)5;1-2/h12-13,18H,6-11H2,1-5H3;1-2H3/b20-13+;. The maximum absolute atomic E-state index is 12.5. The molecule has 1 aliphatic carbocycles. The van der Waals surface area contributed by atoms with Crippen LogP contribution in [0.25, 0.3) is 6.08 Å². The van der Waals surface area contributed by atoms with Crippen molar-refractivity contribution in [3.8, 4) is 0 Å². The van der Waals surface area contributed by atoms with Crippen LogP contribution < -0.4 is 0 Å². The van der Waals surface area contributed by atoms with E-state index in [1.165, 1.54) is 47.1 Å². The summed E-state index contributed by atoms with van der Waals surface area (Å²) in [4.78, 5) is 12.5. The number of aryl methyl sites for hydroxylation is 1. The monoisotopic (exact) mass is 328 g/mol. The van der Waals surface area contributed by atoms with E-state index in [0.717, 1.165) is 24.8 Å². The maximum atomic E-state index is 12.5. The SMILES string of the molecule is CC.CCCCC1CCCC(=O)/C1=C/c1cc(C)c(C)c(C)c1C. The molecule has 1 nitrogen and oxygen atoms in total. The average molecular weight is 329 g/mol. The van der Waals surface area contributed by atoms with E-state index in [4.69, 9.17) is 0 Å². The molecule has 2 rings (SSSR count). The van der Waals surface area contributed by atoms with Crippen LogP contribution >= 0.6 is 0 Å². The molecule has 1 unspecified atom stereocenters. The summed E-state index contributed by atoms with van der Waals surface area (Å²) in [6, 6.07) is 2.25. The van der Waals surface area contributed by atoms with E-state index in [1.807, 2.05) is 13.8 Å². The summed E-state index contributed by atoms with van der Waals surface area (Å²) >= 11 is 0. The Balaban J connectivity index is 0.00000139. The molecule has 0 bridgehead atoms. The van der Waals surface area contributed by atoms with Gasteiger partial charge in [0.15, 0.2) is 5.78 Å². The third-order valence-corrected chi connectivity index (χ3v) is 5.46. The van der Waals surface area contributed by atoms with Gasteiger partial charge in [0.05, 0.1) is 0 Å². The van der Waals surface area contributed by atoms with Gasteiger partial charge in [-0.25, -0.2) is 0 Å². The van der Waals surface area contributed by atoms with Gasteiger partial charge < -0.3 is 0 Å². The molecule has 1 saturated carbocycles. The summed E-state index contributed by atoms with van der Waals surface area (Å²) in [5.74, 6) is 0.852. The summed E-state index contributed by atoms with van der Waals surface area (Å²) in [5.41, 5.74) is 7.71. The highest BCUT2D eigenvalue weighted by Gasteiger charge is 2.25. The van der Waals surface area contributed by atoms with Gasteiger partial charge in [0.25, 0.3) is 0 Å². The zero-order valence-corrected chi connectivity index (χ0v) is 16.9. The number of rotatable bonds is 4. The van der Waals surface area contributed by atoms with Gasteiger partial charge in [-0.1, -0.05) is 39.7 Å². The topological polar surface area (TPSA) is 17.1 Å². The lowest BCUT2D eigenvalue weighted by molar-refractivity contribution is -0.117. The van der Waals surface area contributed by atoms with Crippen LogP contribution in [0.15, 0.2) is 11.6 Å². The fourth-order valence-corrected chi connectivity index (χ4v) is 3.55. The first kappa shape index (κ1) is 20.7. The van der Waals surface area contributed by atoms with Crippen molar-refractivity contribution in [2.24, 2.45) is 5.92 Å². The second kappa shape index (κ2) is 9.81. The summed E-state index contributed by atoms with van der Waals surface area (Å²) in [5, 5.41) is 0. The fraction of sp³-hybridized carbons (Fsp3) is 0.609. The molecule has 0 radical (unpaired) electrons. The molecule has 1 aliphatic rings. The summed E-state index contributed by atoms with van der Waals surface area (Å²) in [6.07, 6.45) is 8.78. The van der Waals surface area contributed by atoms with Crippen LogP contribution in [-0.2, 0) is 4.79 Å². The second-order valence-corrected chi connectivity index (χ2v) is 6.91. The molecule has 0 spiro atoms. The van der Waals surface area contributed by atoms with E-state index in [2.05, 4.69) is 46.8 Å². The van der Waals surface area contributed by atoms with Gasteiger partial charge in [-0.05, 0) is 92.3 Å². The highest BCUT2D eigenvalue weighted by atomic mass is 16.1. The zero-order valence-electron chi connectivity index (χ0n) is 16.9. The Morgan fingerprint density at radius 3 is 2.38 bits per heavy atom. The van der Waals surface area contributed by atoms with Crippen molar-refractivity contribution in [2.45, 2.75) is 87.0 Å². The van der Waals surface area contributed by atoms with Gasteiger partial charge in [-0.3, -0.25) is 4.79 Å². The Hall–Kier alpha value is -1.37. The molecule has 0 aromatic heterocycles. The fourth-order valence-electron chi connectivity index (χ4n) is 3.55. The van der Waals surface area contributed by atoms with Crippen molar-refractivity contribution in [2.75, 3.05) is 0 Å². The zero-order chi connectivity index (χ0) is 18.3. The molecule has 1 aromatic rings. The predicted octanol–water partition coefficient (Wildman–Crippen LogP) is 6.89. The molecule has 24 heavy (non-hydrogen) atoms. The molecule has 0 saturated heterocycles. The van der Waals surface area contributed by atoms with Crippen molar-refractivity contribution in [1.82, 2.24) is 0 Å². The Bertz CT molecular complexity index is 593. The van der Waals surface area contributed by atoms with Crippen molar-refractivity contribution in [3.63, 3.8) is 0 Å². The smallest absolute Gasteiger partial charge is 0.159 e. The van der Waals surface area contributed by atoms with Crippen LogP contribution in [0, 0.1) is 33.6 Å². The average Bonchev–Trinajstić information content (AvgIpc) is 2.59. The number of benzene rings is 1. The first-order valence-corrected chi connectivity index (χ1v) is 9.77. The van der Waals surface area contributed by atoms with Crippen LogP contribution in [0.5, 0.6) is 0 Å². The van der Waals surface area contributed by atoms with Gasteiger partial charge in [-0.15, -0.1) is 0 Å². The number of carbonyl (C=O) groups is 1. The van der Waals surface area contributed by atoms with Crippen molar-refractivity contribution in [3.05, 3.63) is 39.5 Å². The summed E-state index contributed by atoms with van der Waals surface area (Å²) in [7, 11) is 0. The van der Waals surface area contributed by atoms with Crippen molar-refractivity contribution < 1.29 is 4.79 Å². The number of hydrogen-bond acceptors (Lipinski definition) is 1. The highest BCUT2D eigenvalue weighted by Crippen LogP contribution is 2.33. The largest absolute Gasteiger partial charge is 0.295 e. The third kappa shape index (κ3) is 4.82. The molecule has 0 aliphatic heterocycles. The van der Waals surface area contributed by atoms with Gasteiger partial charge in [0.2, 0.25) is 0 Å². The number of carbonyl (C=O) groups excluding carboxylic acids is 1. The van der Waals surface area contributed by atoms with Gasteiger partial charge in [-0.2, -0.15) is 0 Å². The van der Waals surface area contributed by atoms with Gasteiger partial charge in [0, 0.05) is 6.42 Å². The van der Waals surface area contributed by atoms with E-state index in [-0.39, 0.29) is 0 Å². The van der Waals surface area contributed by atoms with Crippen LogP contribution in [0.1, 0.15) is 87.1 Å². The minimum atomic E-state index is 0.377. The normalized spacial score (nSPS) is 19.2. The Morgan fingerprint density at radius 1 is 1.08 bits per heavy atom. The Kier molecular flexibility index (Phi) is 8.45. The number of Topliss-reactive ketones (excluding diaryl/α,β-unsaturated/α-hetero) is 1. The van der Waals surface area contributed by atoms with E-state index in [9.17, 15) is 4.79 Å². The lowest BCUT2D eigenvalue weighted by atomic mass is 9.79. The molecular formula is C23H36O. The first-order chi connectivity index (χ1) is 11.5. The molecule has 0 heterocycles. The van der Waals surface area contributed by atoms with Gasteiger partial charge >= 0.3 is 0 Å². The quantitative estimate of drug-likeness (QED) is 0.550. The number of hydrogen-bond donors (Lipinski definition) is 0. The van der Waals surface area contributed by atoms with Crippen LogP contribution in [0.2, 0.25) is 0 Å². The molecule has 1 fully saturated rings.